The van der Waals surface area contributed by atoms with Crippen LogP contribution in [0.3, 0.4) is 0 Å². The summed E-state index contributed by atoms with van der Waals surface area (Å²) in [7, 11) is 0. The SMILES string of the molecule is CC[C@@H](CO)N1C(=O)[C@@H]2[C@H](C(=O)NCc3ccccc3)[C@]3(C)CCC2(O3)C1C(=O)Nc1ccc(Cl)cc1. The molecule has 3 N–H and O–H groups in total. The summed E-state index contributed by atoms with van der Waals surface area (Å²) in [6, 6.07) is 14.7. The third kappa shape index (κ3) is 4.21. The molecule has 0 aliphatic carbocycles. The molecular weight excluding hydrogens is 494 g/mol. The molecule has 3 heterocycles. The molecule has 8 nitrogen and oxygen atoms in total. The lowest BCUT2D eigenvalue weighted by Gasteiger charge is -2.36. The second kappa shape index (κ2) is 9.74. The summed E-state index contributed by atoms with van der Waals surface area (Å²) < 4.78 is 6.60. The van der Waals surface area contributed by atoms with Crippen LogP contribution in [-0.4, -0.2) is 57.6 Å². The topological polar surface area (TPSA) is 108 Å². The molecule has 3 aliphatic rings. The molecule has 0 radical (unpaired) electrons. The highest BCUT2D eigenvalue weighted by molar-refractivity contribution is 6.30. The smallest absolute Gasteiger partial charge is 0.250 e. The number of amides is 3. The molecule has 2 aromatic rings. The summed E-state index contributed by atoms with van der Waals surface area (Å²) in [5.41, 5.74) is -0.535. The summed E-state index contributed by atoms with van der Waals surface area (Å²) in [6.07, 6.45) is 1.48. The van der Waals surface area contributed by atoms with E-state index in [9.17, 15) is 19.5 Å². The maximum Gasteiger partial charge on any atom is 0.250 e. The first-order chi connectivity index (χ1) is 17.7. The number of benzene rings is 2. The first-order valence-electron chi connectivity index (χ1n) is 12.8. The van der Waals surface area contributed by atoms with Crippen molar-refractivity contribution >= 4 is 35.0 Å². The van der Waals surface area contributed by atoms with Crippen molar-refractivity contribution < 1.29 is 24.2 Å². The number of carbonyl (C=O) groups excluding carboxylic acids is 3. The number of nitrogens with zero attached hydrogens (tertiary/aromatic N) is 1. The number of hydrogen-bond donors (Lipinski definition) is 3. The number of aliphatic hydroxyl groups is 1. The number of anilines is 1. The molecule has 0 saturated carbocycles. The van der Waals surface area contributed by atoms with Crippen molar-refractivity contribution in [2.75, 3.05) is 11.9 Å². The highest BCUT2D eigenvalue weighted by Crippen LogP contribution is 2.63. The Morgan fingerprint density at radius 3 is 2.49 bits per heavy atom. The Bertz CT molecular complexity index is 1190. The van der Waals surface area contributed by atoms with E-state index in [2.05, 4.69) is 10.6 Å². The minimum Gasteiger partial charge on any atom is -0.394 e. The van der Waals surface area contributed by atoms with Crippen molar-refractivity contribution in [2.24, 2.45) is 11.8 Å². The minimum absolute atomic E-state index is 0.262. The highest BCUT2D eigenvalue weighted by Gasteiger charge is 2.78. The van der Waals surface area contributed by atoms with E-state index in [4.69, 9.17) is 16.3 Å². The van der Waals surface area contributed by atoms with E-state index in [1.165, 1.54) is 4.90 Å². The molecule has 37 heavy (non-hydrogen) atoms. The number of nitrogens with one attached hydrogen (secondary N) is 2. The van der Waals surface area contributed by atoms with E-state index in [0.29, 0.717) is 36.5 Å². The fourth-order valence-electron chi connectivity index (χ4n) is 6.51. The lowest BCUT2D eigenvalue weighted by atomic mass is 9.66. The van der Waals surface area contributed by atoms with Crippen LogP contribution in [0.15, 0.2) is 54.6 Å². The maximum absolute atomic E-state index is 14.0. The third-order valence-corrected chi connectivity index (χ3v) is 8.49. The number of likely N-dealkylation sites (tertiary alicyclic amines) is 1. The Labute approximate surface area is 221 Å². The number of rotatable bonds is 8. The van der Waals surface area contributed by atoms with Crippen molar-refractivity contribution in [3.8, 4) is 0 Å². The Morgan fingerprint density at radius 1 is 1.14 bits per heavy atom. The van der Waals surface area contributed by atoms with Gasteiger partial charge in [-0.05, 0) is 56.0 Å². The number of ether oxygens (including phenoxy) is 1. The van der Waals surface area contributed by atoms with Gasteiger partial charge in [0.1, 0.15) is 11.6 Å². The van der Waals surface area contributed by atoms with E-state index in [1.54, 1.807) is 24.3 Å². The summed E-state index contributed by atoms with van der Waals surface area (Å²) in [4.78, 5) is 42.9. The summed E-state index contributed by atoms with van der Waals surface area (Å²) in [6.45, 7) is 3.76. The van der Waals surface area contributed by atoms with Gasteiger partial charge in [-0.2, -0.15) is 0 Å². The standard InChI is InChI=1S/C28H32ClN3O5/c1-3-20(16-33)32-23(25(35)31-19-11-9-18(29)10-12-19)28-14-13-27(2,37-28)21(22(28)26(32)36)24(34)30-15-17-7-5-4-6-8-17/h4-12,20-23,33H,3,13-16H2,1-2H3,(H,30,34)(H,31,35)/t20-,21+,22-,23?,27-,28?/m0/s1. The van der Waals surface area contributed by atoms with Crippen molar-refractivity contribution in [1.82, 2.24) is 10.2 Å². The quantitative estimate of drug-likeness (QED) is 0.491. The first kappa shape index (κ1) is 25.7. The van der Waals surface area contributed by atoms with Crippen LogP contribution < -0.4 is 10.6 Å². The molecule has 2 aromatic carbocycles. The molecule has 3 fully saturated rings. The molecule has 196 valence electrons. The van der Waals surface area contributed by atoms with Gasteiger partial charge >= 0.3 is 0 Å². The van der Waals surface area contributed by atoms with Crippen LogP contribution in [0.1, 0.15) is 38.7 Å². The zero-order valence-corrected chi connectivity index (χ0v) is 21.7. The van der Waals surface area contributed by atoms with Gasteiger partial charge in [-0.1, -0.05) is 48.9 Å². The van der Waals surface area contributed by atoms with E-state index in [1.807, 2.05) is 44.2 Å². The normalized spacial score (nSPS) is 30.8. The average molecular weight is 526 g/mol. The Kier molecular flexibility index (Phi) is 6.77. The van der Waals surface area contributed by atoms with Gasteiger partial charge in [-0.3, -0.25) is 14.4 Å². The van der Waals surface area contributed by atoms with Gasteiger partial charge in [-0.25, -0.2) is 0 Å². The largest absolute Gasteiger partial charge is 0.394 e. The Hall–Kier alpha value is -2.94. The molecule has 2 unspecified atom stereocenters. The lowest BCUT2D eigenvalue weighted by molar-refractivity contribution is -0.148. The molecule has 6 atom stereocenters. The highest BCUT2D eigenvalue weighted by atomic mass is 35.5. The monoisotopic (exact) mass is 525 g/mol. The number of halogens is 1. The predicted octanol–water partition coefficient (Wildman–Crippen LogP) is 3.13. The molecule has 2 bridgehead atoms. The second-order valence-electron chi connectivity index (χ2n) is 10.4. The van der Waals surface area contributed by atoms with Crippen molar-refractivity contribution in [1.29, 1.82) is 0 Å². The van der Waals surface area contributed by atoms with Crippen LogP contribution >= 0.6 is 11.6 Å². The van der Waals surface area contributed by atoms with Crippen LogP contribution in [0.25, 0.3) is 0 Å². The molecule has 1 spiro atoms. The van der Waals surface area contributed by atoms with Gasteiger partial charge in [0, 0.05) is 17.3 Å². The number of fused-ring (bicyclic) bond motifs is 1. The summed E-state index contributed by atoms with van der Waals surface area (Å²) in [5.74, 6) is -2.55. The molecule has 3 aliphatic heterocycles. The van der Waals surface area contributed by atoms with Crippen molar-refractivity contribution in [2.45, 2.75) is 62.9 Å². The van der Waals surface area contributed by atoms with Crippen LogP contribution in [0.5, 0.6) is 0 Å². The van der Waals surface area contributed by atoms with Gasteiger partial charge in [0.05, 0.1) is 30.1 Å². The minimum atomic E-state index is -1.15. The van der Waals surface area contributed by atoms with Crippen LogP contribution in [-0.2, 0) is 25.7 Å². The van der Waals surface area contributed by atoms with Gasteiger partial charge in [0.25, 0.3) is 0 Å². The van der Waals surface area contributed by atoms with E-state index < -0.39 is 41.0 Å². The van der Waals surface area contributed by atoms with E-state index >= 15 is 0 Å². The molecule has 5 rings (SSSR count). The van der Waals surface area contributed by atoms with Crippen LogP contribution in [0, 0.1) is 11.8 Å². The summed E-state index contributed by atoms with van der Waals surface area (Å²) in [5, 5.41) is 16.6. The van der Waals surface area contributed by atoms with Gasteiger partial charge in [0.2, 0.25) is 17.7 Å². The van der Waals surface area contributed by atoms with E-state index in [0.717, 1.165) is 5.56 Å². The predicted molar refractivity (Wildman–Crippen MR) is 139 cm³/mol. The fraction of sp³-hybridized carbons (Fsp3) is 0.464. The van der Waals surface area contributed by atoms with Gasteiger partial charge in [0.15, 0.2) is 0 Å². The summed E-state index contributed by atoms with van der Waals surface area (Å²) >= 11 is 5.99. The number of hydrogen-bond acceptors (Lipinski definition) is 5. The third-order valence-electron chi connectivity index (χ3n) is 8.24. The zero-order chi connectivity index (χ0) is 26.4. The number of aliphatic hydroxyl groups excluding tert-OH is 1. The van der Waals surface area contributed by atoms with Gasteiger partial charge in [-0.15, -0.1) is 0 Å². The van der Waals surface area contributed by atoms with Gasteiger partial charge < -0.3 is 25.4 Å². The van der Waals surface area contributed by atoms with Crippen LogP contribution in [0.4, 0.5) is 5.69 Å². The molecular formula is C28H32ClN3O5. The molecule has 3 amide bonds. The Morgan fingerprint density at radius 2 is 1.84 bits per heavy atom. The van der Waals surface area contributed by atoms with Crippen LogP contribution in [0.2, 0.25) is 5.02 Å². The Balaban J connectivity index is 1.48. The van der Waals surface area contributed by atoms with E-state index in [-0.39, 0.29) is 18.4 Å². The molecule has 3 saturated heterocycles. The molecule has 0 aromatic heterocycles. The first-order valence-corrected chi connectivity index (χ1v) is 13.1. The van der Waals surface area contributed by atoms with Crippen molar-refractivity contribution in [3.63, 3.8) is 0 Å². The average Bonchev–Trinajstić information content (AvgIpc) is 3.46. The fourth-order valence-corrected chi connectivity index (χ4v) is 6.64. The number of carbonyl (C=O) groups is 3. The maximum atomic E-state index is 14.0. The zero-order valence-electron chi connectivity index (χ0n) is 20.9. The lowest BCUT2D eigenvalue weighted by Crippen LogP contribution is -2.56. The second-order valence-corrected chi connectivity index (χ2v) is 10.9. The van der Waals surface area contributed by atoms with Crippen molar-refractivity contribution in [3.05, 3.63) is 65.2 Å². The molecule has 9 heteroatoms.